The SMILES string of the molecule is Cl.Cl.O=C(NCCN1CCNCC1)c1cc(-c2ccc(F)cc2)nc2ccccc12. The largest absolute Gasteiger partial charge is 0.351 e. The van der Waals surface area contributed by atoms with Crippen molar-refractivity contribution in [1.29, 1.82) is 0 Å². The minimum atomic E-state index is -0.296. The first kappa shape index (κ1) is 24.0. The lowest BCUT2D eigenvalue weighted by Crippen LogP contribution is -2.46. The van der Waals surface area contributed by atoms with Crippen molar-refractivity contribution < 1.29 is 9.18 Å². The molecule has 1 aliphatic rings. The molecule has 160 valence electrons. The van der Waals surface area contributed by atoms with Crippen LogP contribution in [0.15, 0.2) is 54.6 Å². The molecule has 0 unspecified atom stereocenters. The van der Waals surface area contributed by atoms with Crippen molar-refractivity contribution in [3.05, 3.63) is 66.0 Å². The number of benzene rings is 2. The van der Waals surface area contributed by atoms with Gasteiger partial charge in [-0.05, 0) is 36.4 Å². The Bertz CT molecular complexity index is 979. The van der Waals surface area contributed by atoms with Gasteiger partial charge in [0.1, 0.15) is 5.82 Å². The van der Waals surface area contributed by atoms with Gasteiger partial charge in [0.25, 0.3) is 5.91 Å². The summed E-state index contributed by atoms with van der Waals surface area (Å²) in [6.45, 7) is 5.42. The number of rotatable bonds is 5. The van der Waals surface area contributed by atoms with Crippen LogP contribution in [0.4, 0.5) is 4.39 Å². The van der Waals surface area contributed by atoms with E-state index >= 15 is 0 Å². The van der Waals surface area contributed by atoms with Gasteiger partial charge in [-0.15, -0.1) is 24.8 Å². The Balaban J connectivity index is 0.00000160. The van der Waals surface area contributed by atoms with Crippen LogP contribution in [0.25, 0.3) is 22.2 Å². The summed E-state index contributed by atoms with van der Waals surface area (Å²) < 4.78 is 13.3. The minimum absolute atomic E-state index is 0. The summed E-state index contributed by atoms with van der Waals surface area (Å²) >= 11 is 0. The first-order chi connectivity index (χ1) is 13.7. The molecule has 2 N–H and O–H groups in total. The zero-order valence-corrected chi connectivity index (χ0v) is 18.1. The van der Waals surface area contributed by atoms with Crippen LogP contribution >= 0.6 is 24.8 Å². The van der Waals surface area contributed by atoms with Gasteiger partial charge in [0.2, 0.25) is 0 Å². The lowest BCUT2D eigenvalue weighted by molar-refractivity contribution is 0.0949. The number of hydrogen-bond acceptors (Lipinski definition) is 4. The van der Waals surface area contributed by atoms with Crippen molar-refractivity contribution in [2.24, 2.45) is 0 Å². The molecule has 1 aliphatic heterocycles. The number of carbonyl (C=O) groups excluding carboxylic acids is 1. The van der Waals surface area contributed by atoms with Gasteiger partial charge in [0, 0.05) is 50.2 Å². The Kier molecular flexibility index (Phi) is 8.99. The second kappa shape index (κ2) is 11.2. The van der Waals surface area contributed by atoms with Crippen molar-refractivity contribution in [3.8, 4) is 11.3 Å². The van der Waals surface area contributed by atoms with E-state index in [1.54, 1.807) is 18.2 Å². The third-order valence-corrected chi connectivity index (χ3v) is 5.02. The highest BCUT2D eigenvalue weighted by Crippen LogP contribution is 2.25. The number of nitrogens with one attached hydrogen (secondary N) is 2. The molecule has 1 amide bonds. The maximum atomic E-state index is 13.3. The molecule has 30 heavy (non-hydrogen) atoms. The number of hydrogen-bond donors (Lipinski definition) is 2. The predicted molar refractivity (Wildman–Crippen MR) is 123 cm³/mol. The van der Waals surface area contributed by atoms with E-state index in [1.165, 1.54) is 12.1 Å². The van der Waals surface area contributed by atoms with E-state index in [-0.39, 0.29) is 36.5 Å². The number of nitrogens with zero attached hydrogens (tertiary/aromatic N) is 2. The van der Waals surface area contributed by atoms with Crippen LogP contribution < -0.4 is 10.6 Å². The Labute approximate surface area is 187 Å². The summed E-state index contributed by atoms with van der Waals surface area (Å²) in [6.07, 6.45) is 0. The van der Waals surface area contributed by atoms with Crippen molar-refractivity contribution >= 4 is 41.6 Å². The number of fused-ring (bicyclic) bond motifs is 1. The quantitative estimate of drug-likeness (QED) is 0.624. The Morgan fingerprint density at radius 3 is 2.50 bits per heavy atom. The molecule has 0 spiro atoms. The summed E-state index contributed by atoms with van der Waals surface area (Å²) in [4.78, 5) is 19.9. The van der Waals surface area contributed by atoms with Gasteiger partial charge in [0.05, 0.1) is 16.8 Å². The van der Waals surface area contributed by atoms with Crippen molar-refractivity contribution in [2.45, 2.75) is 0 Å². The van der Waals surface area contributed by atoms with Gasteiger partial charge in [0.15, 0.2) is 0 Å². The van der Waals surface area contributed by atoms with Gasteiger partial charge in [-0.1, -0.05) is 18.2 Å². The third-order valence-electron chi connectivity index (χ3n) is 5.02. The number of carbonyl (C=O) groups is 1. The zero-order chi connectivity index (χ0) is 19.3. The van der Waals surface area contributed by atoms with E-state index in [4.69, 9.17) is 0 Å². The molecule has 1 aromatic heterocycles. The maximum absolute atomic E-state index is 13.3. The average Bonchev–Trinajstić information content (AvgIpc) is 2.74. The molecule has 0 radical (unpaired) electrons. The summed E-state index contributed by atoms with van der Waals surface area (Å²) in [5, 5.41) is 7.18. The second-order valence-corrected chi connectivity index (χ2v) is 6.93. The number of piperazine rings is 1. The highest BCUT2D eigenvalue weighted by atomic mass is 35.5. The highest BCUT2D eigenvalue weighted by molar-refractivity contribution is 6.07. The molecule has 3 aromatic rings. The fourth-order valence-corrected chi connectivity index (χ4v) is 3.49. The molecule has 0 atom stereocenters. The molecule has 0 aliphatic carbocycles. The first-order valence-electron chi connectivity index (χ1n) is 9.58. The summed E-state index contributed by atoms with van der Waals surface area (Å²) in [6, 6.07) is 15.5. The van der Waals surface area contributed by atoms with Crippen LogP contribution in [0.1, 0.15) is 10.4 Å². The monoisotopic (exact) mass is 450 g/mol. The zero-order valence-electron chi connectivity index (χ0n) is 16.4. The van der Waals surface area contributed by atoms with Crippen LogP contribution in [-0.4, -0.2) is 55.1 Å². The van der Waals surface area contributed by atoms with E-state index in [9.17, 15) is 9.18 Å². The van der Waals surface area contributed by atoms with E-state index in [2.05, 4.69) is 20.5 Å². The molecule has 4 rings (SSSR count). The normalized spacial score (nSPS) is 13.9. The topological polar surface area (TPSA) is 57.3 Å². The fraction of sp³-hybridized carbons (Fsp3) is 0.273. The van der Waals surface area contributed by atoms with Crippen LogP contribution in [0.3, 0.4) is 0 Å². The van der Waals surface area contributed by atoms with Gasteiger partial charge < -0.3 is 10.6 Å². The molecular formula is C22H25Cl2FN4O. The van der Waals surface area contributed by atoms with Crippen LogP contribution in [-0.2, 0) is 0 Å². The lowest BCUT2D eigenvalue weighted by Gasteiger charge is -2.27. The van der Waals surface area contributed by atoms with Crippen molar-refractivity contribution in [3.63, 3.8) is 0 Å². The van der Waals surface area contributed by atoms with E-state index < -0.39 is 0 Å². The van der Waals surface area contributed by atoms with Crippen molar-refractivity contribution in [1.82, 2.24) is 20.5 Å². The summed E-state index contributed by atoms with van der Waals surface area (Å²) in [5.74, 6) is -0.410. The maximum Gasteiger partial charge on any atom is 0.252 e. The molecular weight excluding hydrogens is 426 g/mol. The Hall–Kier alpha value is -2.25. The number of aromatic nitrogens is 1. The first-order valence-corrected chi connectivity index (χ1v) is 9.58. The third kappa shape index (κ3) is 5.67. The molecule has 8 heteroatoms. The predicted octanol–water partition coefficient (Wildman–Crippen LogP) is 3.52. The van der Waals surface area contributed by atoms with Crippen molar-refractivity contribution in [2.75, 3.05) is 39.3 Å². The summed E-state index contributed by atoms with van der Waals surface area (Å²) in [7, 11) is 0. The Morgan fingerprint density at radius 1 is 1.07 bits per heavy atom. The summed E-state index contributed by atoms with van der Waals surface area (Å²) in [5.41, 5.74) is 2.77. The van der Waals surface area contributed by atoms with E-state index in [0.29, 0.717) is 17.8 Å². The number of amides is 1. The minimum Gasteiger partial charge on any atom is -0.351 e. The number of halogens is 3. The van der Waals surface area contributed by atoms with E-state index in [0.717, 1.165) is 49.2 Å². The van der Waals surface area contributed by atoms with Gasteiger partial charge >= 0.3 is 0 Å². The van der Waals surface area contributed by atoms with E-state index in [1.807, 2.05) is 24.3 Å². The average molecular weight is 451 g/mol. The molecule has 0 bridgehead atoms. The Morgan fingerprint density at radius 2 is 1.77 bits per heavy atom. The van der Waals surface area contributed by atoms with Crippen LogP contribution in [0.5, 0.6) is 0 Å². The van der Waals surface area contributed by atoms with Gasteiger partial charge in [-0.25, -0.2) is 9.37 Å². The molecule has 2 aromatic carbocycles. The molecule has 2 heterocycles. The van der Waals surface area contributed by atoms with Gasteiger partial charge in [-0.3, -0.25) is 9.69 Å². The second-order valence-electron chi connectivity index (χ2n) is 6.93. The molecule has 5 nitrogen and oxygen atoms in total. The molecule has 0 saturated carbocycles. The lowest BCUT2D eigenvalue weighted by atomic mass is 10.0. The van der Waals surface area contributed by atoms with Crippen LogP contribution in [0.2, 0.25) is 0 Å². The highest BCUT2D eigenvalue weighted by Gasteiger charge is 2.15. The number of para-hydroxylation sites is 1. The van der Waals surface area contributed by atoms with Gasteiger partial charge in [-0.2, -0.15) is 0 Å². The fourth-order valence-electron chi connectivity index (χ4n) is 3.49. The van der Waals surface area contributed by atoms with Crippen LogP contribution in [0, 0.1) is 5.82 Å². The molecule has 1 saturated heterocycles. The molecule has 1 fully saturated rings. The standard InChI is InChI=1S/C22H23FN4O.2ClH/c23-17-7-5-16(6-8-17)21-15-19(18-3-1-2-4-20(18)26-21)22(28)25-11-14-27-12-9-24-10-13-27;;/h1-8,15,24H,9-14H2,(H,25,28);2*1H. The smallest absolute Gasteiger partial charge is 0.252 e. The number of pyridine rings is 1.